The summed E-state index contributed by atoms with van der Waals surface area (Å²) in [7, 11) is 1.91. The number of hydrogen-bond acceptors (Lipinski definition) is 2. The van der Waals surface area contributed by atoms with Crippen LogP contribution >= 0.6 is 0 Å². The van der Waals surface area contributed by atoms with Gasteiger partial charge in [0.1, 0.15) is 5.82 Å². The SMILES string of the molecule is CC.CCc1cnc(NC)c(CC)c1. The lowest BCUT2D eigenvalue weighted by atomic mass is 10.1. The number of nitrogens with one attached hydrogen (secondary N) is 1. The lowest BCUT2D eigenvalue weighted by Crippen LogP contribution is -1.98. The molecule has 0 unspecified atom stereocenters. The Morgan fingerprint density at radius 3 is 2.29 bits per heavy atom. The number of anilines is 1. The molecule has 0 atom stereocenters. The first kappa shape index (κ1) is 12.9. The lowest BCUT2D eigenvalue weighted by Gasteiger charge is -2.07. The molecule has 1 aromatic heterocycles. The van der Waals surface area contributed by atoms with Gasteiger partial charge in [-0.05, 0) is 24.0 Å². The molecule has 2 heteroatoms. The van der Waals surface area contributed by atoms with Crippen LogP contribution in [0.4, 0.5) is 5.82 Å². The third kappa shape index (κ3) is 3.36. The van der Waals surface area contributed by atoms with Crippen molar-refractivity contribution in [1.82, 2.24) is 4.98 Å². The topological polar surface area (TPSA) is 24.9 Å². The average molecular weight is 194 g/mol. The minimum absolute atomic E-state index is 1.01. The molecule has 2 nitrogen and oxygen atoms in total. The van der Waals surface area contributed by atoms with E-state index < -0.39 is 0 Å². The van der Waals surface area contributed by atoms with E-state index in [2.05, 4.69) is 30.2 Å². The summed E-state index contributed by atoms with van der Waals surface area (Å²) < 4.78 is 0. The van der Waals surface area contributed by atoms with Crippen LogP contribution in [0, 0.1) is 0 Å². The van der Waals surface area contributed by atoms with Crippen molar-refractivity contribution in [1.29, 1.82) is 0 Å². The maximum atomic E-state index is 4.33. The number of rotatable bonds is 3. The van der Waals surface area contributed by atoms with Gasteiger partial charge in [0.25, 0.3) is 0 Å². The maximum absolute atomic E-state index is 4.33. The van der Waals surface area contributed by atoms with Crippen molar-refractivity contribution in [3.8, 4) is 0 Å². The number of nitrogens with zero attached hydrogens (tertiary/aromatic N) is 1. The van der Waals surface area contributed by atoms with Crippen LogP contribution in [0.15, 0.2) is 12.3 Å². The molecule has 0 amide bonds. The molecule has 1 aromatic rings. The van der Waals surface area contributed by atoms with Crippen LogP contribution in [0.2, 0.25) is 0 Å². The maximum Gasteiger partial charge on any atom is 0.128 e. The highest BCUT2D eigenvalue weighted by Gasteiger charge is 2.00. The number of aryl methyl sites for hydroxylation is 2. The molecule has 0 fully saturated rings. The minimum atomic E-state index is 1.01. The smallest absolute Gasteiger partial charge is 0.128 e. The van der Waals surface area contributed by atoms with Gasteiger partial charge in [0.2, 0.25) is 0 Å². The molecule has 0 saturated carbocycles. The van der Waals surface area contributed by atoms with Gasteiger partial charge in [0.15, 0.2) is 0 Å². The molecule has 1 N–H and O–H groups in total. The summed E-state index contributed by atoms with van der Waals surface area (Å²) in [5, 5.41) is 3.09. The average Bonchev–Trinajstić information content (AvgIpc) is 2.30. The van der Waals surface area contributed by atoms with Crippen molar-refractivity contribution in [2.24, 2.45) is 0 Å². The second-order valence-electron chi connectivity index (χ2n) is 2.81. The Balaban J connectivity index is 0.000000791. The summed E-state index contributed by atoms with van der Waals surface area (Å²) in [4.78, 5) is 4.33. The van der Waals surface area contributed by atoms with Gasteiger partial charge in [-0.25, -0.2) is 4.98 Å². The molecule has 0 bridgehead atoms. The van der Waals surface area contributed by atoms with Crippen LogP contribution in [0.25, 0.3) is 0 Å². The van der Waals surface area contributed by atoms with E-state index >= 15 is 0 Å². The van der Waals surface area contributed by atoms with E-state index in [1.165, 1.54) is 11.1 Å². The predicted molar refractivity (Wildman–Crippen MR) is 63.9 cm³/mol. The van der Waals surface area contributed by atoms with Gasteiger partial charge in [0, 0.05) is 13.2 Å². The molecule has 0 spiro atoms. The third-order valence-electron chi connectivity index (χ3n) is 2.05. The van der Waals surface area contributed by atoms with Gasteiger partial charge < -0.3 is 5.32 Å². The zero-order chi connectivity index (χ0) is 11.0. The van der Waals surface area contributed by atoms with Crippen LogP contribution in [0.1, 0.15) is 38.8 Å². The number of hydrogen-bond donors (Lipinski definition) is 1. The first-order valence-corrected chi connectivity index (χ1v) is 5.47. The van der Waals surface area contributed by atoms with Crippen LogP contribution in [0.5, 0.6) is 0 Å². The molecule has 1 rings (SSSR count). The monoisotopic (exact) mass is 194 g/mol. The molecule has 80 valence electrons. The second kappa shape index (κ2) is 7.36. The molecule has 14 heavy (non-hydrogen) atoms. The molecular formula is C12H22N2. The number of pyridine rings is 1. The largest absolute Gasteiger partial charge is 0.373 e. The van der Waals surface area contributed by atoms with E-state index in [4.69, 9.17) is 0 Å². The van der Waals surface area contributed by atoms with Gasteiger partial charge in [-0.3, -0.25) is 0 Å². The highest BCUT2D eigenvalue weighted by atomic mass is 15.0. The van der Waals surface area contributed by atoms with E-state index in [9.17, 15) is 0 Å². The molecular weight excluding hydrogens is 172 g/mol. The molecule has 0 aromatic carbocycles. The predicted octanol–water partition coefficient (Wildman–Crippen LogP) is 3.27. The van der Waals surface area contributed by atoms with Gasteiger partial charge >= 0.3 is 0 Å². The first-order valence-electron chi connectivity index (χ1n) is 5.47. The lowest BCUT2D eigenvalue weighted by molar-refractivity contribution is 1.04. The van der Waals surface area contributed by atoms with Crippen LogP contribution < -0.4 is 5.32 Å². The van der Waals surface area contributed by atoms with Crippen LogP contribution in [-0.4, -0.2) is 12.0 Å². The van der Waals surface area contributed by atoms with Gasteiger partial charge in [0.05, 0.1) is 0 Å². The summed E-state index contributed by atoms with van der Waals surface area (Å²) in [5.74, 6) is 1.01. The van der Waals surface area contributed by atoms with Crippen molar-refractivity contribution in [2.45, 2.75) is 40.5 Å². The van der Waals surface area contributed by atoms with Crippen molar-refractivity contribution >= 4 is 5.82 Å². The summed E-state index contributed by atoms with van der Waals surface area (Å²) in [6, 6.07) is 2.22. The highest BCUT2D eigenvalue weighted by Crippen LogP contribution is 2.14. The summed E-state index contributed by atoms with van der Waals surface area (Å²) in [6.07, 6.45) is 4.03. The second-order valence-corrected chi connectivity index (χ2v) is 2.81. The van der Waals surface area contributed by atoms with Crippen molar-refractivity contribution in [2.75, 3.05) is 12.4 Å². The zero-order valence-corrected chi connectivity index (χ0v) is 10.0. The zero-order valence-electron chi connectivity index (χ0n) is 10.0. The van der Waals surface area contributed by atoms with E-state index in [1.807, 2.05) is 27.1 Å². The Hall–Kier alpha value is -1.05. The standard InChI is InChI=1S/C10H16N2.C2H6/c1-4-8-6-9(5-2)10(11-3)12-7-8;1-2/h6-7H,4-5H2,1-3H3,(H,11,12);1-2H3. The summed E-state index contributed by atoms with van der Waals surface area (Å²) in [6.45, 7) is 8.30. The van der Waals surface area contributed by atoms with Crippen molar-refractivity contribution in [3.05, 3.63) is 23.4 Å². The van der Waals surface area contributed by atoms with E-state index in [-0.39, 0.29) is 0 Å². The normalized spacial score (nSPS) is 8.93. The van der Waals surface area contributed by atoms with Gasteiger partial charge in [-0.2, -0.15) is 0 Å². The molecule has 0 aliphatic rings. The van der Waals surface area contributed by atoms with E-state index in [0.717, 1.165) is 18.7 Å². The molecule has 1 heterocycles. The molecule has 0 aliphatic heterocycles. The van der Waals surface area contributed by atoms with E-state index in [1.54, 1.807) is 0 Å². The Morgan fingerprint density at radius 1 is 1.21 bits per heavy atom. The minimum Gasteiger partial charge on any atom is -0.373 e. The highest BCUT2D eigenvalue weighted by molar-refractivity contribution is 5.44. The quantitative estimate of drug-likeness (QED) is 0.798. The first-order chi connectivity index (χ1) is 6.81. The fraction of sp³-hybridized carbons (Fsp3) is 0.583. The Bertz CT molecular complexity index is 256. The molecule has 0 radical (unpaired) electrons. The Morgan fingerprint density at radius 2 is 1.86 bits per heavy atom. The van der Waals surface area contributed by atoms with Crippen LogP contribution in [-0.2, 0) is 12.8 Å². The van der Waals surface area contributed by atoms with Gasteiger partial charge in [-0.15, -0.1) is 0 Å². The molecule has 0 saturated heterocycles. The van der Waals surface area contributed by atoms with Crippen molar-refractivity contribution in [3.63, 3.8) is 0 Å². The fourth-order valence-electron chi connectivity index (χ4n) is 1.25. The Kier molecular flexibility index (Phi) is 6.81. The fourth-order valence-corrected chi connectivity index (χ4v) is 1.25. The van der Waals surface area contributed by atoms with E-state index in [0.29, 0.717) is 0 Å². The third-order valence-corrected chi connectivity index (χ3v) is 2.05. The summed E-state index contributed by atoms with van der Waals surface area (Å²) >= 11 is 0. The van der Waals surface area contributed by atoms with Crippen LogP contribution in [0.3, 0.4) is 0 Å². The number of aromatic nitrogens is 1. The molecule has 0 aliphatic carbocycles. The Labute approximate surface area is 87.8 Å². The summed E-state index contributed by atoms with van der Waals surface area (Å²) in [5.41, 5.74) is 2.61. The van der Waals surface area contributed by atoms with Gasteiger partial charge in [-0.1, -0.05) is 33.8 Å². The van der Waals surface area contributed by atoms with Crippen molar-refractivity contribution < 1.29 is 0 Å².